The molecule has 4 N–H and O–H groups in total. The van der Waals surface area contributed by atoms with Crippen molar-refractivity contribution in [2.45, 2.75) is 31.6 Å². The smallest absolute Gasteiger partial charge is 0.335 e. The number of nitrogens with zero attached hydrogens (tertiary/aromatic N) is 1. The molecule has 3 atom stereocenters. The first-order valence-electron chi connectivity index (χ1n) is 8.81. The van der Waals surface area contributed by atoms with Crippen LogP contribution in [-0.4, -0.2) is 64.1 Å². The summed E-state index contributed by atoms with van der Waals surface area (Å²) in [5.74, 6) is -2.15. The molecular weight excluding hydrogens is 400 g/mol. The van der Waals surface area contributed by atoms with Crippen LogP contribution in [0.2, 0.25) is 5.02 Å². The van der Waals surface area contributed by atoms with E-state index in [1.165, 1.54) is 7.11 Å². The number of halogens is 1. The maximum atomic E-state index is 11.8. The molecular formula is C20H23ClN2O6. The van der Waals surface area contributed by atoms with Crippen LogP contribution in [0.25, 0.3) is 11.1 Å². The van der Waals surface area contributed by atoms with E-state index in [9.17, 15) is 19.8 Å². The first kappa shape index (κ1) is 22.8. The topological polar surface area (TPSA) is 129 Å². The first-order chi connectivity index (χ1) is 13.7. The molecule has 29 heavy (non-hydrogen) atoms. The second-order valence-corrected chi connectivity index (χ2v) is 7.08. The van der Waals surface area contributed by atoms with Gasteiger partial charge in [-0.2, -0.15) is 0 Å². The van der Waals surface area contributed by atoms with Gasteiger partial charge in [0.05, 0.1) is 6.04 Å². The van der Waals surface area contributed by atoms with Crippen molar-refractivity contribution in [2.24, 2.45) is 0 Å². The molecule has 1 amide bonds. The third-order valence-corrected chi connectivity index (χ3v) is 4.46. The van der Waals surface area contributed by atoms with Gasteiger partial charge in [0, 0.05) is 36.0 Å². The predicted octanol–water partition coefficient (Wildman–Crippen LogP) is 1.19. The van der Waals surface area contributed by atoms with Crippen molar-refractivity contribution < 1.29 is 29.6 Å². The summed E-state index contributed by atoms with van der Waals surface area (Å²) in [4.78, 5) is 27.2. The Labute approximate surface area is 173 Å². The third-order valence-electron chi connectivity index (χ3n) is 4.24. The van der Waals surface area contributed by atoms with Gasteiger partial charge in [0.25, 0.3) is 0 Å². The molecule has 1 aromatic carbocycles. The Morgan fingerprint density at radius 3 is 2.48 bits per heavy atom. The largest absolute Gasteiger partial charge is 0.479 e. The molecule has 2 rings (SSSR count). The number of carbonyl (C=O) groups excluding carboxylic acids is 1. The minimum Gasteiger partial charge on any atom is -0.479 e. The lowest BCUT2D eigenvalue weighted by Gasteiger charge is -2.25. The van der Waals surface area contributed by atoms with Crippen molar-refractivity contribution in [3.63, 3.8) is 0 Å². The van der Waals surface area contributed by atoms with Gasteiger partial charge in [-0.25, -0.2) is 4.79 Å². The number of aromatic nitrogens is 1. The average molecular weight is 423 g/mol. The van der Waals surface area contributed by atoms with E-state index in [4.69, 9.17) is 21.4 Å². The van der Waals surface area contributed by atoms with Crippen molar-refractivity contribution in [1.29, 1.82) is 0 Å². The molecule has 0 radical (unpaired) electrons. The van der Waals surface area contributed by atoms with Crippen molar-refractivity contribution >= 4 is 23.5 Å². The molecule has 0 aliphatic carbocycles. The van der Waals surface area contributed by atoms with Gasteiger partial charge >= 0.3 is 5.97 Å². The van der Waals surface area contributed by atoms with Crippen LogP contribution in [-0.2, 0) is 20.7 Å². The van der Waals surface area contributed by atoms with E-state index in [0.29, 0.717) is 10.7 Å². The Morgan fingerprint density at radius 2 is 1.93 bits per heavy atom. The Kier molecular flexibility index (Phi) is 8.10. The van der Waals surface area contributed by atoms with Gasteiger partial charge in [-0.1, -0.05) is 23.7 Å². The molecule has 0 spiro atoms. The minimum atomic E-state index is -2.06. The Hall–Kier alpha value is -2.52. The minimum absolute atomic E-state index is 0.00974. The Bertz CT molecular complexity index is 838. The first-order valence-corrected chi connectivity index (χ1v) is 9.18. The maximum absolute atomic E-state index is 11.8. The summed E-state index contributed by atoms with van der Waals surface area (Å²) in [5.41, 5.74) is 3.21. The summed E-state index contributed by atoms with van der Waals surface area (Å²) in [6, 6.07) is 8.04. The number of amides is 1. The number of hydrogen-bond donors (Lipinski definition) is 4. The van der Waals surface area contributed by atoms with Crippen LogP contribution in [0.15, 0.2) is 36.5 Å². The van der Waals surface area contributed by atoms with Crippen molar-refractivity contribution in [1.82, 2.24) is 10.3 Å². The number of rotatable bonds is 9. The molecule has 8 nitrogen and oxygen atoms in total. The lowest BCUT2D eigenvalue weighted by atomic mass is 9.99. The number of pyridine rings is 1. The molecule has 0 saturated carbocycles. The van der Waals surface area contributed by atoms with Gasteiger partial charge in [-0.15, -0.1) is 0 Å². The SMILES string of the molecule is COCC(=O)N[C@@H](Cc1ccc(-c2cc(C)cc(Cl)c2)cn1)[C@H](O)[C@@H](O)C(=O)O. The molecule has 0 aliphatic heterocycles. The van der Waals surface area contributed by atoms with E-state index >= 15 is 0 Å². The summed E-state index contributed by atoms with van der Waals surface area (Å²) in [6.45, 7) is 1.66. The van der Waals surface area contributed by atoms with Crippen LogP contribution in [0, 0.1) is 6.92 Å². The molecule has 156 valence electrons. The normalized spacial score (nSPS) is 14.1. The zero-order chi connectivity index (χ0) is 21.6. The van der Waals surface area contributed by atoms with E-state index in [0.717, 1.165) is 16.7 Å². The highest BCUT2D eigenvalue weighted by Crippen LogP contribution is 2.24. The van der Waals surface area contributed by atoms with Crippen LogP contribution < -0.4 is 5.32 Å². The summed E-state index contributed by atoms with van der Waals surface area (Å²) in [5, 5.41) is 31.9. The maximum Gasteiger partial charge on any atom is 0.335 e. The Morgan fingerprint density at radius 1 is 1.21 bits per heavy atom. The van der Waals surface area contributed by atoms with Crippen LogP contribution in [0.3, 0.4) is 0 Å². The zero-order valence-corrected chi connectivity index (χ0v) is 16.8. The van der Waals surface area contributed by atoms with Gasteiger partial charge in [0.1, 0.15) is 12.7 Å². The third kappa shape index (κ3) is 6.50. The fraction of sp³-hybridized carbons (Fsp3) is 0.350. The number of benzene rings is 1. The highest BCUT2D eigenvalue weighted by atomic mass is 35.5. The number of nitrogens with one attached hydrogen (secondary N) is 1. The van der Waals surface area contributed by atoms with Gasteiger partial charge in [-0.3, -0.25) is 9.78 Å². The fourth-order valence-corrected chi connectivity index (χ4v) is 3.14. The average Bonchev–Trinajstić information content (AvgIpc) is 2.66. The van der Waals surface area contributed by atoms with E-state index in [1.54, 1.807) is 12.3 Å². The van der Waals surface area contributed by atoms with Crippen molar-refractivity contribution in [3.05, 3.63) is 52.8 Å². The molecule has 1 heterocycles. The predicted molar refractivity (Wildman–Crippen MR) is 107 cm³/mol. The summed E-state index contributed by atoms with van der Waals surface area (Å²) in [7, 11) is 1.33. The number of carboxylic acids is 1. The van der Waals surface area contributed by atoms with Gasteiger partial charge in [0.15, 0.2) is 6.10 Å². The van der Waals surface area contributed by atoms with Crippen LogP contribution in [0.1, 0.15) is 11.3 Å². The number of aliphatic hydroxyl groups excluding tert-OH is 2. The van der Waals surface area contributed by atoms with E-state index in [-0.39, 0.29) is 13.0 Å². The monoisotopic (exact) mass is 422 g/mol. The lowest BCUT2D eigenvalue weighted by Crippen LogP contribution is -2.52. The van der Waals surface area contributed by atoms with E-state index in [1.807, 2.05) is 31.2 Å². The number of aliphatic carboxylic acids is 1. The molecule has 0 aliphatic rings. The number of hydrogen-bond acceptors (Lipinski definition) is 6. The highest BCUT2D eigenvalue weighted by molar-refractivity contribution is 6.30. The van der Waals surface area contributed by atoms with Gasteiger partial charge in [0.2, 0.25) is 5.91 Å². The second kappa shape index (κ2) is 10.3. The number of methoxy groups -OCH3 is 1. The molecule has 0 saturated heterocycles. The zero-order valence-electron chi connectivity index (χ0n) is 16.0. The highest BCUT2D eigenvalue weighted by Gasteiger charge is 2.32. The van der Waals surface area contributed by atoms with Crippen molar-refractivity contribution in [2.75, 3.05) is 13.7 Å². The standard InChI is InChI=1S/C20H23ClN2O6/c1-11-5-13(7-14(21)6-11)12-3-4-15(22-9-12)8-16(23-17(24)10-29-2)18(25)19(26)20(27)28/h3-7,9,16,18-19,25-26H,8,10H2,1-2H3,(H,23,24)(H,27,28)/t16-,18-,19+/m0/s1. The van der Waals surface area contributed by atoms with E-state index in [2.05, 4.69) is 10.3 Å². The summed E-state index contributed by atoms with van der Waals surface area (Å²) in [6.07, 6.45) is -2.16. The molecule has 2 aromatic rings. The number of carbonyl (C=O) groups is 2. The fourth-order valence-electron chi connectivity index (χ4n) is 2.85. The number of aryl methyl sites for hydroxylation is 1. The van der Waals surface area contributed by atoms with E-state index < -0.39 is 30.1 Å². The van der Waals surface area contributed by atoms with Crippen LogP contribution in [0.4, 0.5) is 0 Å². The van der Waals surface area contributed by atoms with Gasteiger partial charge in [-0.05, 0) is 36.2 Å². The lowest BCUT2D eigenvalue weighted by molar-refractivity contribution is -0.154. The Balaban J connectivity index is 2.20. The van der Waals surface area contributed by atoms with Gasteiger partial charge < -0.3 is 25.4 Å². The molecule has 0 fully saturated rings. The number of ether oxygens (including phenoxy) is 1. The molecule has 1 aromatic heterocycles. The van der Waals surface area contributed by atoms with Crippen LogP contribution in [0.5, 0.6) is 0 Å². The number of aliphatic hydroxyl groups is 2. The quantitative estimate of drug-likeness (QED) is 0.477. The number of carboxylic acid groups (broad SMARTS) is 1. The summed E-state index contributed by atoms with van der Waals surface area (Å²) < 4.78 is 4.73. The molecule has 0 bridgehead atoms. The summed E-state index contributed by atoms with van der Waals surface area (Å²) >= 11 is 6.09. The van der Waals surface area contributed by atoms with Crippen LogP contribution >= 0.6 is 11.6 Å². The molecule has 9 heteroatoms. The second-order valence-electron chi connectivity index (χ2n) is 6.64. The molecule has 0 unspecified atom stereocenters. The van der Waals surface area contributed by atoms with Crippen molar-refractivity contribution in [3.8, 4) is 11.1 Å².